The Hall–Kier alpha value is -1.72. The maximum absolute atomic E-state index is 12.2. The van der Waals surface area contributed by atoms with Gasteiger partial charge < -0.3 is 4.74 Å². The molecule has 0 spiro atoms. The van der Waals surface area contributed by atoms with Crippen molar-refractivity contribution in [3.8, 4) is 0 Å². The fraction of sp³-hybridized carbons (Fsp3) is 0.364. The molecule has 0 fully saturated rings. The van der Waals surface area contributed by atoms with Crippen LogP contribution in [0.3, 0.4) is 0 Å². The fourth-order valence-electron chi connectivity index (χ4n) is 1.10. The van der Waals surface area contributed by atoms with E-state index < -0.39 is 17.8 Å². The molecule has 3 nitrogen and oxygen atoms in total. The second-order valence-corrected chi connectivity index (χ2v) is 3.65. The van der Waals surface area contributed by atoms with Crippen LogP contribution in [0.4, 0.5) is 23.7 Å². The average Bonchev–Trinajstić information content (AvgIpc) is 2.15. The van der Waals surface area contributed by atoms with E-state index in [4.69, 9.17) is 4.74 Å². The zero-order chi connectivity index (χ0) is 13.1. The zero-order valence-electron chi connectivity index (χ0n) is 9.34. The third-order valence-electron chi connectivity index (χ3n) is 1.80. The van der Waals surface area contributed by atoms with E-state index in [0.717, 1.165) is 12.1 Å². The van der Waals surface area contributed by atoms with Crippen LogP contribution >= 0.6 is 0 Å². The Morgan fingerprint density at radius 3 is 2.18 bits per heavy atom. The van der Waals surface area contributed by atoms with Crippen LogP contribution in [0.5, 0.6) is 0 Å². The van der Waals surface area contributed by atoms with Crippen molar-refractivity contribution in [1.29, 1.82) is 0 Å². The Kier molecular flexibility index (Phi) is 3.98. The van der Waals surface area contributed by atoms with Crippen LogP contribution < -0.4 is 5.32 Å². The fourth-order valence-corrected chi connectivity index (χ4v) is 1.10. The highest BCUT2D eigenvalue weighted by Gasteiger charge is 2.29. The van der Waals surface area contributed by atoms with E-state index in [1.807, 2.05) is 0 Å². The smallest absolute Gasteiger partial charge is 0.416 e. The van der Waals surface area contributed by atoms with E-state index in [1.165, 1.54) is 12.1 Å². The van der Waals surface area contributed by atoms with Gasteiger partial charge in [-0.2, -0.15) is 13.2 Å². The largest absolute Gasteiger partial charge is 0.447 e. The molecule has 0 aliphatic heterocycles. The van der Waals surface area contributed by atoms with Gasteiger partial charge in [-0.1, -0.05) is 0 Å². The van der Waals surface area contributed by atoms with E-state index in [-0.39, 0.29) is 11.8 Å². The predicted octanol–water partition coefficient (Wildman–Crippen LogP) is 3.66. The summed E-state index contributed by atoms with van der Waals surface area (Å²) < 4.78 is 41.5. The molecule has 0 aromatic heterocycles. The molecule has 1 N–H and O–H groups in total. The predicted molar refractivity (Wildman–Crippen MR) is 56.7 cm³/mol. The first-order valence-corrected chi connectivity index (χ1v) is 4.94. The van der Waals surface area contributed by atoms with Crippen LogP contribution in [0.25, 0.3) is 0 Å². The molecule has 0 heterocycles. The summed E-state index contributed by atoms with van der Waals surface area (Å²) in [7, 11) is 0. The van der Waals surface area contributed by atoms with Crippen molar-refractivity contribution < 1.29 is 22.7 Å². The molecule has 0 aliphatic carbocycles. The van der Waals surface area contributed by atoms with Crippen LogP contribution in [0.1, 0.15) is 19.4 Å². The van der Waals surface area contributed by atoms with Crippen molar-refractivity contribution >= 4 is 11.8 Å². The number of nitrogens with one attached hydrogen (secondary N) is 1. The molecule has 0 aliphatic rings. The molecule has 17 heavy (non-hydrogen) atoms. The first-order valence-electron chi connectivity index (χ1n) is 4.94. The van der Waals surface area contributed by atoms with Gasteiger partial charge in [-0.05, 0) is 38.1 Å². The lowest BCUT2D eigenvalue weighted by Crippen LogP contribution is -2.18. The van der Waals surface area contributed by atoms with Crippen LogP contribution in [0, 0.1) is 0 Å². The van der Waals surface area contributed by atoms with Crippen molar-refractivity contribution in [2.45, 2.75) is 26.1 Å². The third-order valence-corrected chi connectivity index (χ3v) is 1.80. The van der Waals surface area contributed by atoms with E-state index >= 15 is 0 Å². The third kappa shape index (κ3) is 4.34. The van der Waals surface area contributed by atoms with Gasteiger partial charge in [0.2, 0.25) is 0 Å². The Labute approximate surface area is 96.6 Å². The molecule has 0 saturated carbocycles. The lowest BCUT2D eigenvalue weighted by Gasteiger charge is -2.10. The quantitative estimate of drug-likeness (QED) is 0.866. The van der Waals surface area contributed by atoms with Gasteiger partial charge in [-0.15, -0.1) is 0 Å². The minimum absolute atomic E-state index is 0.253. The molecular formula is C11H12F3NO2. The van der Waals surface area contributed by atoms with Gasteiger partial charge in [0, 0.05) is 5.69 Å². The summed E-state index contributed by atoms with van der Waals surface area (Å²) in [4.78, 5) is 11.1. The number of anilines is 1. The SMILES string of the molecule is CC(C)OC(=O)Nc1ccc(C(F)(F)F)cc1. The summed E-state index contributed by atoms with van der Waals surface area (Å²) >= 11 is 0. The topological polar surface area (TPSA) is 38.3 Å². The second-order valence-electron chi connectivity index (χ2n) is 3.65. The first-order chi connectivity index (χ1) is 7.79. The minimum Gasteiger partial charge on any atom is -0.447 e. The van der Waals surface area contributed by atoms with Gasteiger partial charge in [0.25, 0.3) is 0 Å². The van der Waals surface area contributed by atoms with Gasteiger partial charge >= 0.3 is 12.3 Å². The molecule has 94 valence electrons. The van der Waals surface area contributed by atoms with Crippen LogP contribution in [0.2, 0.25) is 0 Å². The molecule has 1 aromatic rings. The van der Waals surface area contributed by atoms with Gasteiger partial charge in [0.1, 0.15) is 0 Å². The lowest BCUT2D eigenvalue weighted by atomic mass is 10.2. The monoisotopic (exact) mass is 247 g/mol. The maximum atomic E-state index is 12.2. The molecule has 6 heteroatoms. The van der Waals surface area contributed by atoms with Crippen molar-refractivity contribution in [3.05, 3.63) is 29.8 Å². The summed E-state index contributed by atoms with van der Waals surface area (Å²) in [5.41, 5.74) is -0.510. The van der Waals surface area contributed by atoms with Crippen LogP contribution in [-0.2, 0) is 10.9 Å². The number of rotatable bonds is 2. The highest BCUT2D eigenvalue weighted by Crippen LogP contribution is 2.29. The number of halogens is 3. The van der Waals surface area contributed by atoms with Gasteiger partial charge in [0.15, 0.2) is 0 Å². The normalized spacial score (nSPS) is 11.4. The summed E-state index contributed by atoms with van der Waals surface area (Å²) in [5.74, 6) is 0. The Bertz CT molecular complexity index is 385. The Morgan fingerprint density at radius 2 is 1.76 bits per heavy atom. The first kappa shape index (κ1) is 13.3. The number of alkyl halides is 3. The Balaban J connectivity index is 2.66. The number of amides is 1. The van der Waals surface area contributed by atoms with Crippen molar-refractivity contribution in [3.63, 3.8) is 0 Å². The molecule has 1 amide bonds. The molecule has 0 saturated heterocycles. The molecule has 0 atom stereocenters. The maximum Gasteiger partial charge on any atom is 0.416 e. The highest BCUT2D eigenvalue weighted by molar-refractivity contribution is 5.84. The number of carbonyl (C=O) groups excluding carboxylic acids is 1. The average molecular weight is 247 g/mol. The van der Waals surface area contributed by atoms with E-state index in [0.29, 0.717) is 0 Å². The summed E-state index contributed by atoms with van der Waals surface area (Å²) in [6.45, 7) is 3.35. The molecule has 0 unspecified atom stereocenters. The summed E-state index contributed by atoms with van der Waals surface area (Å²) in [6, 6.07) is 4.13. The number of benzene rings is 1. The molecule has 0 radical (unpaired) electrons. The second kappa shape index (κ2) is 5.07. The van der Waals surface area contributed by atoms with Gasteiger partial charge in [-0.3, -0.25) is 5.32 Å². The molecule has 0 bridgehead atoms. The minimum atomic E-state index is -4.38. The number of hydrogen-bond donors (Lipinski definition) is 1. The number of ether oxygens (including phenoxy) is 1. The van der Waals surface area contributed by atoms with Crippen molar-refractivity contribution in [2.24, 2.45) is 0 Å². The number of carbonyl (C=O) groups is 1. The van der Waals surface area contributed by atoms with Gasteiger partial charge in [-0.25, -0.2) is 4.79 Å². The van der Waals surface area contributed by atoms with Gasteiger partial charge in [0.05, 0.1) is 11.7 Å². The molecular weight excluding hydrogens is 235 g/mol. The van der Waals surface area contributed by atoms with Crippen LogP contribution in [0.15, 0.2) is 24.3 Å². The van der Waals surface area contributed by atoms with E-state index in [1.54, 1.807) is 13.8 Å². The molecule has 1 rings (SSSR count). The van der Waals surface area contributed by atoms with Crippen LogP contribution in [-0.4, -0.2) is 12.2 Å². The van der Waals surface area contributed by atoms with E-state index in [2.05, 4.69) is 5.32 Å². The number of hydrogen-bond acceptors (Lipinski definition) is 2. The Morgan fingerprint density at radius 1 is 1.24 bits per heavy atom. The summed E-state index contributed by atoms with van der Waals surface area (Å²) in [5, 5.41) is 2.32. The summed E-state index contributed by atoms with van der Waals surface area (Å²) in [6.07, 6.45) is -5.36. The molecule has 1 aromatic carbocycles. The highest BCUT2D eigenvalue weighted by atomic mass is 19.4. The standard InChI is InChI=1S/C11H12F3NO2/c1-7(2)17-10(16)15-9-5-3-8(4-6-9)11(12,13)14/h3-7H,1-2H3,(H,15,16). The van der Waals surface area contributed by atoms with Crippen molar-refractivity contribution in [1.82, 2.24) is 0 Å². The van der Waals surface area contributed by atoms with E-state index in [9.17, 15) is 18.0 Å². The van der Waals surface area contributed by atoms with Crippen molar-refractivity contribution in [2.75, 3.05) is 5.32 Å². The lowest BCUT2D eigenvalue weighted by molar-refractivity contribution is -0.137. The zero-order valence-corrected chi connectivity index (χ0v) is 9.34.